The molecule has 0 N–H and O–H groups in total. The van der Waals surface area contributed by atoms with Crippen LogP contribution in [0.25, 0.3) is 0 Å². The Kier molecular flexibility index (Phi) is 4.85. The Balaban J connectivity index is 1.67. The highest BCUT2D eigenvalue weighted by Crippen LogP contribution is 2.29. The SMILES string of the molecule is Cc1ccc2c(c1)CCCN2C(=O)CSc1ccc([N+](=O)[O-])cc1. The normalized spacial score (nSPS) is 13.5. The van der Waals surface area contributed by atoms with Crippen LogP contribution in [0.4, 0.5) is 11.4 Å². The van der Waals surface area contributed by atoms with E-state index in [2.05, 4.69) is 13.0 Å². The Hall–Kier alpha value is -2.34. The summed E-state index contributed by atoms with van der Waals surface area (Å²) in [6, 6.07) is 12.5. The molecule has 2 aromatic carbocycles. The standard InChI is InChI=1S/C18H18N2O3S/c1-13-4-9-17-14(11-13)3-2-10-19(17)18(21)12-24-16-7-5-15(6-8-16)20(22)23/h4-9,11H,2-3,10,12H2,1H3. The molecule has 0 aliphatic carbocycles. The second kappa shape index (κ2) is 7.05. The van der Waals surface area contributed by atoms with Crippen LogP contribution in [-0.2, 0) is 11.2 Å². The van der Waals surface area contributed by atoms with Crippen molar-refractivity contribution in [2.24, 2.45) is 0 Å². The first kappa shape index (κ1) is 16.5. The van der Waals surface area contributed by atoms with Crippen LogP contribution in [0.5, 0.6) is 0 Å². The van der Waals surface area contributed by atoms with Gasteiger partial charge in [-0.25, -0.2) is 0 Å². The van der Waals surface area contributed by atoms with Gasteiger partial charge in [-0.2, -0.15) is 0 Å². The van der Waals surface area contributed by atoms with E-state index in [1.165, 1.54) is 35.0 Å². The molecule has 0 atom stereocenters. The van der Waals surface area contributed by atoms with Gasteiger partial charge in [0.2, 0.25) is 5.91 Å². The molecule has 1 heterocycles. The third-order valence-electron chi connectivity index (χ3n) is 4.06. The second-order valence-electron chi connectivity index (χ2n) is 5.82. The number of rotatable bonds is 4. The van der Waals surface area contributed by atoms with Crippen molar-refractivity contribution in [1.29, 1.82) is 0 Å². The van der Waals surface area contributed by atoms with E-state index in [0.29, 0.717) is 5.75 Å². The highest BCUT2D eigenvalue weighted by atomic mass is 32.2. The first-order chi connectivity index (χ1) is 11.5. The summed E-state index contributed by atoms with van der Waals surface area (Å²) in [5.74, 6) is 0.397. The summed E-state index contributed by atoms with van der Waals surface area (Å²) in [5.41, 5.74) is 3.52. The number of non-ortho nitro benzene ring substituents is 1. The van der Waals surface area contributed by atoms with Gasteiger partial charge in [-0.05, 0) is 43.5 Å². The quantitative estimate of drug-likeness (QED) is 0.479. The van der Waals surface area contributed by atoms with Gasteiger partial charge in [0.15, 0.2) is 0 Å². The largest absolute Gasteiger partial charge is 0.311 e. The number of hydrogen-bond acceptors (Lipinski definition) is 4. The van der Waals surface area contributed by atoms with Crippen molar-refractivity contribution in [3.63, 3.8) is 0 Å². The monoisotopic (exact) mass is 342 g/mol. The molecule has 0 saturated carbocycles. The van der Waals surface area contributed by atoms with E-state index < -0.39 is 4.92 Å². The van der Waals surface area contributed by atoms with Crippen LogP contribution in [0.3, 0.4) is 0 Å². The van der Waals surface area contributed by atoms with Gasteiger partial charge in [-0.3, -0.25) is 14.9 Å². The predicted molar refractivity (Wildman–Crippen MR) is 95.7 cm³/mol. The molecule has 5 nitrogen and oxygen atoms in total. The van der Waals surface area contributed by atoms with Crippen molar-refractivity contribution in [1.82, 2.24) is 0 Å². The van der Waals surface area contributed by atoms with Gasteiger partial charge in [0, 0.05) is 29.3 Å². The zero-order valence-corrected chi connectivity index (χ0v) is 14.2. The number of carbonyl (C=O) groups excluding carboxylic acids is 1. The van der Waals surface area contributed by atoms with Crippen molar-refractivity contribution in [2.45, 2.75) is 24.7 Å². The first-order valence-corrected chi connectivity index (χ1v) is 8.80. The summed E-state index contributed by atoms with van der Waals surface area (Å²) in [5, 5.41) is 10.7. The molecule has 0 aromatic heterocycles. The molecule has 0 saturated heterocycles. The van der Waals surface area contributed by atoms with Gasteiger partial charge in [0.1, 0.15) is 0 Å². The van der Waals surface area contributed by atoms with E-state index in [-0.39, 0.29) is 11.6 Å². The van der Waals surface area contributed by atoms with E-state index in [9.17, 15) is 14.9 Å². The highest BCUT2D eigenvalue weighted by Gasteiger charge is 2.22. The van der Waals surface area contributed by atoms with Crippen molar-refractivity contribution in [3.8, 4) is 0 Å². The van der Waals surface area contributed by atoms with Crippen LogP contribution in [-0.4, -0.2) is 23.1 Å². The maximum absolute atomic E-state index is 12.6. The van der Waals surface area contributed by atoms with Crippen LogP contribution in [0.15, 0.2) is 47.4 Å². The Bertz CT molecular complexity index is 774. The second-order valence-corrected chi connectivity index (χ2v) is 6.87. The minimum atomic E-state index is -0.424. The summed E-state index contributed by atoms with van der Waals surface area (Å²) >= 11 is 1.41. The van der Waals surface area contributed by atoms with Crippen molar-refractivity contribution < 1.29 is 9.72 Å². The number of hydrogen-bond donors (Lipinski definition) is 0. The molecule has 124 valence electrons. The van der Waals surface area contributed by atoms with Gasteiger partial charge in [-0.1, -0.05) is 17.7 Å². The summed E-state index contributed by atoms with van der Waals surface area (Å²) in [7, 11) is 0. The molecule has 24 heavy (non-hydrogen) atoms. The van der Waals surface area contributed by atoms with E-state index >= 15 is 0 Å². The number of nitro groups is 1. The fourth-order valence-corrected chi connectivity index (χ4v) is 3.65. The molecule has 0 radical (unpaired) electrons. The van der Waals surface area contributed by atoms with Crippen LogP contribution < -0.4 is 4.90 Å². The van der Waals surface area contributed by atoms with Gasteiger partial charge in [0.05, 0.1) is 10.7 Å². The lowest BCUT2D eigenvalue weighted by molar-refractivity contribution is -0.384. The van der Waals surface area contributed by atoms with Gasteiger partial charge >= 0.3 is 0 Å². The fraction of sp³-hybridized carbons (Fsp3) is 0.278. The average Bonchev–Trinajstić information content (AvgIpc) is 2.59. The third-order valence-corrected chi connectivity index (χ3v) is 5.06. The number of anilines is 1. The lowest BCUT2D eigenvalue weighted by Gasteiger charge is -2.29. The maximum atomic E-state index is 12.6. The van der Waals surface area contributed by atoms with Gasteiger partial charge in [0.25, 0.3) is 5.69 Å². The molecule has 6 heteroatoms. The van der Waals surface area contributed by atoms with Crippen LogP contribution >= 0.6 is 11.8 Å². The maximum Gasteiger partial charge on any atom is 0.269 e. The molecular weight excluding hydrogens is 324 g/mol. The Morgan fingerprint density at radius 1 is 1.25 bits per heavy atom. The van der Waals surface area contributed by atoms with E-state index in [0.717, 1.165) is 30.0 Å². The summed E-state index contributed by atoms with van der Waals surface area (Å²) in [6.45, 7) is 2.81. The zero-order valence-electron chi connectivity index (χ0n) is 13.4. The number of benzene rings is 2. The van der Waals surface area contributed by atoms with Crippen LogP contribution in [0.1, 0.15) is 17.5 Å². The minimum Gasteiger partial charge on any atom is -0.311 e. The summed E-state index contributed by atoms with van der Waals surface area (Å²) < 4.78 is 0. The molecule has 3 rings (SSSR count). The number of carbonyl (C=O) groups is 1. The third kappa shape index (κ3) is 3.59. The van der Waals surface area contributed by atoms with Crippen LogP contribution in [0.2, 0.25) is 0 Å². The molecule has 2 aromatic rings. The number of nitro benzene ring substituents is 1. The van der Waals surface area contributed by atoms with Gasteiger partial charge in [-0.15, -0.1) is 11.8 Å². The fourth-order valence-electron chi connectivity index (χ4n) is 2.87. The Morgan fingerprint density at radius 3 is 2.71 bits per heavy atom. The summed E-state index contributed by atoms with van der Waals surface area (Å²) in [4.78, 5) is 25.5. The Labute approximate surface area is 144 Å². The summed E-state index contributed by atoms with van der Waals surface area (Å²) in [6.07, 6.45) is 1.99. The lowest BCUT2D eigenvalue weighted by atomic mass is 10.00. The molecule has 0 fully saturated rings. The molecular formula is C18H18N2O3S. The molecule has 0 unspecified atom stereocenters. The average molecular weight is 342 g/mol. The smallest absolute Gasteiger partial charge is 0.269 e. The van der Waals surface area contributed by atoms with Gasteiger partial charge < -0.3 is 4.90 Å². The minimum absolute atomic E-state index is 0.0611. The topological polar surface area (TPSA) is 63.5 Å². The zero-order chi connectivity index (χ0) is 17.1. The number of thioether (sulfide) groups is 1. The van der Waals surface area contributed by atoms with E-state index in [4.69, 9.17) is 0 Å². The molecule has 1 aliphatic rings. The van der Waals surface area contributed by atoms with Crippen molar-refractivity contribution in [2.75, 3.05) is 17.2 Å². The Morgan fingerprint density at radius 2 is 2.00 bits per heavy atom. The van der Waals surface area contributed by atoms with Crippen molar-refractivity contribution in [3.05, 3.63) is 63.7 Å². The highest BCUT2D eigenvalue weighted by molar-refractivity contribution is 8.00. The number of fused-ring (bicyclic) bond motifs is 1. The van der Waals surface area contributed by atoms with Crippen molar-refractivity contribution >= 4 is 29.0 Å². The molecule has 0 spiro atoms. The molecule has 1 amide bonds. The predicted octanol–water partition coefficient (Wildman–Crippen LogP) is 3.97. The molecule has 0 bridgehead atoms. The van der Waals surface area contributed by atoms with E-state index in [1.54, 1.807) is 12.1 Å². The number of amides is 1. The molecule has 1 aliphatic heterocycles. The first-order valence-electron chi connectivity index (χ1n) is 7.82. The van der Waals surface area contributed by atoms with Crippen LogP contribution in [0, 0.1) is 17.0 Å². The lowest BCUT2D eigenvalue weighted by Crippen LogP contribution is -2.36. The number of nitrogens with zero attached hydrogens (tertiary/aromatic N) is 2. The number of aryl methyl sites for hydroxylation is 2. The van der Waals surface area contributed by atoms with E-state index in [1.807, 2.05) is 17.0 Å².